The molecule has 0 aromatic carbocycles. The Balaban J connectivity index is 3.40. The highest BCUT2D eigenvalue weighted by atomic mass is 28.4. The maximum absolute atomic E-state index is 5.90. The smallest absolute Gasteiger partial charge is 0.377 e. The Morgan fingerprint density at radius 2 is 1.25 bits per heavy atom. The number of hydrogen-bond donors (Lipinski definition) is 1. The summed E-state index contributed by atoms with van der Waals surface area (Å²) in [6.45, 7) is 2.16. The summed E-state index contributed by atoms with van der Waals surface area (Å²) in [5.41, 5.74) is 5.90. The minimum absolute atomic E-state index is 0.408. The van der Waals surface area contributed by atoms with Crippen LogP contribution < -0.4 is 5.73 Å². The fourth-order valence-corrected chi connectivity index (χ4v) is 4.19. The lowest BCUT2D eigenvalue weighted by Gasteiger charge is -2.24. The topological polar surface area (TPSA) is 53.7 Å². The molecule has 0 spiro atoms. The van der Waals surface area contributed by atoms with Gasteiger partial charge in [0.05, 0.1) is 0 Å². The summed E-state index contributed by atoms with van der Waals surface area (Å²) in [4.78, 5) is 0. The minimum atomic E-state index is -2.33. The van der Waals surface area contributed by atoms with Crippen molar-refractivity contribution in [3.8, 4) is 0 Å². The van der Waals surface area contributed by atoms with Crippen LogP contribution in [-0.2, 0) is 13.3 Å². The average Bonchev–Trinajstić information content (AvgIpc) is 2.49. The molecule has 2 N–H and O–H groups in total. The molecule has 0 aromatic rings. The van der Waals surface area contributed by atoms with Gasteiger partial charge >= 0.3 is 8.80 Å². The number of nitrogens with two attached hydrogens (primary N) is 1. The quantitative estimate of drug-likeness (QED) is 0.392. The van der Waals surface area contributed by atoms with Gasteiger partial charge in [0.1, 0.15) is 0 Å². The van der Waals surface area contributed by atoms with Gasteiger partial charge in [-0.3, -0.25) is 0 Å². The SMILES string of the molecule is CCC(N)CCCCCCCCC[Si](OC)(OC)OC. The Kier molecular flexibility index (Phi) is 12.8. The number of rotatable bonds is 14. The molecule has 0 amide bonds. The van der Waals surface area contributed by atoms with Gasteiger partial charge in [-0.05, 0) is 19.3 Å². The molecule has 0 radical (unpaired) electrons. The molecular formula is C15H35NO3Si. The third-order valence-corrected chi connectivity index (χ3v) is 6.85. The predicted octanol–water partition coefficient (Wildman–Crippen LogP) is 3.72. The first-order valence-electron chi connectivity index (χ1n) is 8.05. The van der Waals surface area contributed by atoms with Gasteiger partial charge in [0.2, 0.25) is 0 Å². The monoisotopic (exact) mass is 305 g/mol. The van der Waals surface area contributed by atoms with Gasteiger partial charge in [-0.25, -0.2) is 0 Å². The Morgan fingerprint density at radius 1 is 0.800 bits per heavy atom. The summed E-state index contributed by atoms with van der Waals surface area (Å²) in [5, 5.41) is 0. The second kappa shape index (κ2) is 12.8. The van der Waals surface area contributed by atoms with Crippen LogP contribution in [0.2, 0.25) is 6.04 Å². The molecule has 1 unspecified atom stereocenters. The van der Waals surface area contributed by atoms with Crippen LogP contribution >= 0.6 is 0 Å². The summed E-state index contributed by atoms with van der Waals surface area (Å²) in [7, 11) is 2.71. The fourth-order valence-electron chi connectivity index (χ4n) is 2.39. The third-order valence-electron chi connectivity index (χ3n) is 4.02. The van der Waals surface area contributed by atoms with Crippen LogP contribution in [0.25, 0.3) is 0 Å². The molecule has 1 atom stereocenters. The molecule has 0 aromatic heterocycles. The average molecular weight is 306 g/mol. The molecule has 0 rings (SSSR count). The Hall–Kier alpha value is 0.0569. The van der Waals surface area contributed by atoms with E-state index in [0.29, 0.717) is 6.04 Å². The van der Waals surface area contributed by atoms with Gasteiger partial charge < -0.3 is 19.0 Å². The summed E-state index contributed by atoms with van der Waals surface area (Å²) in [6.07, 6.45) is 11.2. The number of hydrogen-bond acceptors (Lipinski definition) is 4. The van der Waals surface area contributed by atoms with Crippen LogP contribution in [0.1, 0.15) is 64.7 Å². The summed E-state index contributed by atoms with van der Waals surface area (Å²) in [6, 6.07) is 1.33. The van der Waals surface area contributed by atoms with E-state index < -0.39 is 8.80 Å². The van der Waals surface area contributed by atoms with E-state index in [2.05, 4.69) is 6.92 Å². The molecule has 0 bridgehead atoms. The third kappa shape index (κ3) is 9.08. The van der Waals surface area contributed by atoms with Crippen LogP contribution in [-0.4, -0.2) is 36.2 Å². The van der Waals surface area contributed by atoms with Gasteiger partial charge in [-0.15, -0.1) is 0 Å². The van der Waals surface area contributed by atoms with Crippen molar-refractivity contribution in [2.45, 2.75) is 76.8 Å². The highest BCUT2D eigenvalue weighted by Crippen LogP contribution is 2.18. The molecule has 0 aliphatic carbocycles. The Bertz CT molecular complexity index is 205. The van der Waals surface area contributed by atoms with Crippen molar-refractivity contribution in [3.05, 3.63) is 0 Å². The summed E-state index contributed by atoms with van der Waals surface area (Å²) in [5.74, 6) is 0. The highest BCUT2D eigenvalue weighted by Gasteiger charge is 2.36. The van der Waals surface area contributed by atoms with Crippen molar-refractivity contribution in [2.75, 3.05) is 21.3 Å². The summed E-state index contributed by atoms with van der Waals surface area (Å²) >= 11 is 0. The zero-order valence-electron chi connectivity index (χ0n) is 14.0. The maximum atomic E-state index is 5.90. The maximum Gasteiger partial charge on any atom is 0.500 e. The summed E-state index contributed by atoms with van der Waals surface area (Å²) < 4.78 is 16.2. The van der Waals surface area contributed by atoms with E-state index in [1.54, 1.807) is 21.3 Å². The van der Waals surface area contributed by atoms with Gasteiger partial charge in [0.25, 0.3) is 0 Å². The zero-order valence-corrected chi connectivity index (χ0v) is 15.0. The fraction of sp³-hybridized carbons (Fsp3) is 1.00. The van der Waals surface area contributed by atoms with Crippen LogP contribution in [0.15, 0.2) is 0 Å². The highest BCUT2D eigenvalue weighted by molar-refractivity contribution is 6.60. The molecule has 0 aliphatic heterocycles. The van der Waals surface area contributed by atoms with E-state index >= 15 is 0 Å². The van der Waals surface area contributed by atoms with E-state index in [9.17, 15) is 0 Å². The van der Waals surface area contributed by atoms with Gasteiger partial charge in [0.15, 0.2) is 0 Å². The predicted molar refractivity (Wildman–Crippen MR) is 86.8 cm³/mol. The lowest BCUT2D eigenvalue weighted by molar-refractivity contribution is 0.122. The second-order valence-corrected chi connectivity index (χ2v) is 8.57. The Morgan fingerprint density at radius 3 is 1.70 bits per heavy atom. The van der Waals surface area contributed by atoms with Gasteiger partial charge in [-0.2, -0.15) is 0 Å². The van der Waals surface area contributed by atoms with Crippen molar-refractivity contribution in [1.82, 2.24) is 0 Å². The molecule has 0 saturated carbocycles. The van der Waals surface area contributed by atoms with E-state index in [4.69, 9.17) is 19.0 Å². The lowest BCUT2D eigenvalue weighted by Crippen LogP contribution is -2.42. The Labute approximate surface area is 126 Å². The molecule has 0 saturated heterocycles. The number of unbranched alkanes of at least 4 members (excludes halogenated alkanes) is 6. The molecule has 0 aliphatic rings. The molecule has 20 heavy (non-hydrogen) atoms. The minimum Gasteiger partial charge on any atom is -0.377 e. The molecule has 0 heterocycles. The van der Waals surface area contributed by atoms with Crippen molar-refractivity contribution in [3.63, 3.8) is 0 Å². The van der Waals surface area contributed by atoms with Crippen LogP contribution in [0.5, 0.6) is 0 Å². The zero-order chi connectivity index (χ0) is 15.3. The van der Waals surface area contributed by atoms with E-state index in [1.165, 1.54) is 44.9 Å². The van der Waals surface area contributed by atoms with Gasteiger partial charge in [-0.1, -0.05) is 45.4 Å². The van der Waals surface area contributed by atoms with E-state index in [0.717, 1.165) is 18.9 Å². The molecular weight excluding hydrogens is 270 g/mol. The van der Waals surface area contributed by atoms with Crippen LogP contribution in [0.3, 0.4) is 0 Å². The molecule has 4 nitrogen and oxygen atoms in total. The first-order chi connectivity index (χ1) is 9.64. The van der Waals surface area contributed by atoms with Gasteiger partial charge in [0, 0.05) is 33.4 Å². The van der Waals surface area contributed by atoms with Crippen LogP contribution in [0.4, 0.5) is 0 Å². The van der Waals surface area contributed by atoms with Crippen molar-refractivity contribution in [1.29, 1.82) is 0 Å². The first-order valence-corrected chi connectivity index (χ1v) is 9.98. The largest absolute Gasteiger partial charge is 0.500 e. The van der Waals surface area contributed by atoms with Crippen LogP contribution in [0, 0.1) is 0 Å². The molecule has 0 fully saturated rings. The standard InChI is InChI=1S/C15H35NO3Si/c1-5-15(16)13-11-9-7-6-8-10-12-14-20(17-2,18-3)19-4/h15H,5-14,16H2,1-4H3. The van der Waals surface area contributed by atoms with E-state index in [1.807, 2.05) is 0 Å². The molecule has 122 valence electrons. The van der Waals surface area contributed by atoms with Crippen molar-refractivity contribution >= 4 is 8.80 Å². The van der Waals surface area contributed by atoms with Crippen molar-refractivity contribution < 1.29 is 13.3 Å². The van der Waals surface area contributed by atoms with Crippen molar-refractivity contribution in [2.24, 2.45) is 5.73 Å². The lowest BCUT2D eigenvalue weighted by atomic mass is 10.0. The molecule has 5 heteroatoms. The second-order valence-electron chi connectivity index (χ2n) is 5.48. The first kappa shape index (κ1) is 20.1. The van der Waals surface area contributed by atoms with E-state index in [-0.39, 0.29) is 0 Å². The normalized spacial score (nSPS) is 13.7.